The van der Waals surface area contributed by atoms with Crippen molar-refractivity contribution in [2.24, 2.45) is 0 Å². The highest BCUT2D eigenvalue weighted by Crippen LogP contribution is 2.02. The fourth-order valence-corrected chi connectivity index (χ4v) is 1.33. The Morgan fingerprint density at radius 2 is 2.06 bits per heavy atom. The van der Waals surface area contributed by atoms with Gasteiger partial charge in [-0.1, -0.05) is 20.3 Å². The molecule has 0 saturated carbocycles. The van der Waals surface area contributed by atoms with Crippen LogP contribution in [-0.4, -0.2) is 41.2 Å². The Balaban J connectivity index is 3.95. The molecular weight excluding hydrogens is 228 g/mol. The molecule has 2 amide bonds. The van der Waals surface area contributed by atoms with Crippen LogP contribution in [0.1, 0.15) is 26.7 Å². The van der Waals surface area contributed by atoms with Crippen LogP contribution in [0.2, 0.25) is 0 Å². The zero-order chi connectivity index (χ0) is 12.6. The number of carbonyl (C=O) groups is 2. The molecule has 2 unspecified atom stereocenters. The summed E-state index contributed by atoms with van der Waals surface area (Å²) in [5, 5.41) is 14.2. The van der Waals surface area contributed by atoms with Crippen molar-refractivity contribution in [2.75, 3.05) is 12.8 Å². The third-order valence-corrected chi connectivity index (χ3v) is 3.10. The van der Waals surface area contributed by atoms with Crippen molar-refractivity contribution >= 4 is 23.8 Å². The van der Waals surface area contributed by atoms with Gasteiger partial charge in [-0.05, 0) is 12.7 Å². The van der Waals surface area contributed by atoms with Gasteiger partial charge in [0.15, 0.2) is 0 Å². The Morgan fingerprint density at radius 3 is 2.50 bits per heavy atom. The Kier molecular flexibility index (Phi) is 7.80. The first-order valence-electron chi connectivity index (χ1n) is 5.31. The Hall–Kier alpha value is -0.910. The van der Waals surface area contributed by atoms with Gasteiger partial charge in [0, 0.05) is 11.8 Å². The van der Waals surface area contributed by atoms with E-state index in [1.165, 1.54) is 0 Å². The molecule has 2 atom stereocenters. The summed E-state index contributed by atoms with van der Waals surface area (Å²) in [5.74, 6) is -0.991. The number of urea groups is 1. The van der Waals surface area contributed by atoms with Gasteiger partial charge in [-0.25, -0.2) is 9.59 Å². The highest BCUT2D eigenvalue weighted by molar-refractivity contribution is 7.99. The van der Waals surface area contributed by atoms with E-state index >= 15 is 0 Å². The van der Waals surface area contributed by atoms with Crippen LogP contribution in [0, 0.1) is 0 Å². The molecule has 6 heteroatoms. The second-order valence-electron chi connectivity index (χ2n) is 3.58. The average molecular weight is 248 g/mol. The lowest BCUT2D eigenvalue weighted by Gasteiger charge is -2.15. The summed E-state index contributed by atoms with van der Waals surface area (Å²) < 4.78 is 0. The van der Waals surface area contributed by atoms with Crippen LogP contribution in [0.3, 0.4) is 0 Å². The van der Waals surface area contributed by atoms with Gasteiger partial charge >= 0.3 is 12.0 Å². The molecule has 0 fully saturated rings. The molecule has 0 aliphatic rings. The quantitative estimate of drug-likeness (QED) is 0.634. The van der Waals surface area contributed by atoms with Crippen LogP contribution >= 0.6 is 11.8 Å². The molecule has 0 heterocycles. The first-order chi connectivity index (χ1) is 7.51. The zero-order valence-corrected chi connectivity index (χ0v) is 10.8. The molecule has 0 aromatic carbocycles. The fourth-order valence-electron chi connectivity index (χ4n) is 1.08. The summed E-state index contributed by atoms with van der Waals surface area (Å²) in [6.07, 6.45) is 3.13. The normalized spacial score (nSPS) is 13.9. The molecule has 0 aromatic rings. The van der Waals surface area contributed by atoms with Gasteiger partial charge in [-0.3, -0.25) is 0 Å². The molecule has 0 saturated heterocycles. The van der Waals surface area contributed by atoms with Crippen molar-refractivity contribution in [1.82, 2.24) is 10.6 Å². The van der Waals surface area contributed by atoms with Crippen LogP contribution in [0.5, 0.6) is 0 Å². The van der Waals surface area contributed by atoms with Gasteiger partial charge < -0.3 is 15.7 Å². The molecule has 94 valence electrons. The predicted octanol–water partition coefficient (Wildman–Crippen LogP) is 1.29. The third-order valence-electron chi connectivity index (χ3n) is 2.13. The van der Waals surface area contributed by atoms with Gasteiger partial charge in [0.2, 0.25) is 0 Å². The molecule has 0 radical (unpaired) electrons. The molecule has 0 spiro atoms. The number of nitrogens with one attached hydrogen (secondary N) is 2. The summed E-state index contributed by atoms with van der Waals surface area (Å²) in [7, 11) is 0. The molecule has 0 aliphatic carbocycles. The Bertz CT molecular complexity index is 236. The van der Waals surface area contributed by atoms with Crippen molar-refractivity contribution in [2.45, 2.75) is 38.0 Å². The van der Waals surface area contributed by atoms with E-state index in [0.717, 1.165) is 6.42 Å². The number of thioether (sulfide) groups is 1. The first kappa shape index (κ1) is 15.1. The number of carbonyl (C=O) groups excluding carboxylic acids is 1. The highest BCUT2D eigenvalue weighted by Gasteiger charge is 2.18. The van der Waals surface area contributed by atoms with E-state index in [2.05, 4.69) is 10.6 Å². The van der Waals surface area contributed by atoms with Gasteiger partial charge in [0.1, 0.15) is 6.04 Å². The summed E-state index contributed by atoms with van der Waals surface area (Å²) in [4.78, 5) is 22.1. The minimum atomic E-state index is -0.991. The lowest BCUT2D eigenvalue weighted by molar-refractivity contribution is -0.139. The minimum absolute atomic E-state index is 0.320. The van der Waals surface area contributed by atoms with Crippen molar-refractivity contribution in [3.8, 4) is 0 Å². The maximum absolute atomic E-state index is 11.4. The van der Waals surface area contributed by atoms with E-state index in [1.54, 1.807) is 11.8 Å². The van der Waals surface area contributed by atoms with Crippen LogP contribution in [-0.2, 0) is 4.79 Å². The van der Waals surface area contributed by atoms with E-state index in [0.29, 0.717) is 18.2 Å². The number of hydrogen-bond donors (Lipinski definition) is 3. The van der Waals surface area contributed by atoms with E-state index in [-0.39, 0.29) is 0 Å². The number of amides is 2. The number of hydrogen-bond acceptors (Lipinski definition) is 3. The number of rotatable bonds is 7. The third kappa shape index (κ3) is 6.55. The molecule has 0 aromatic heterocycles. The maximum atomic E-state index is 11.4. The summed E-state index contributed by atoms with van der Waals surface area (Å²) in [6, 6.07) is -1.21. The lowest BCUT2D eigenvalue weighted by atomic mass is 10.2. The monoisotopic (exact) mass is 248 g/mol. The highest BCUT2D eigenvalue weighted by atomic mass is 32.2. The largest absolute Gasteiger partial charge is 0.480 e. The van der Waals surface area contributed by atoms with Crippen LogP contribution in [0.15, 0.2) is 0 Å². The predicted molar refractivity (Wildman–Crippen MR) is 65.8 cm³/mol. The van der Waals surface area contributed by atoms with Gasteiger partial charge in [-0.15, -0.1) is 0 Å². The van der Waals surface area contributed by atoms with Crippen molar-refractivity contribution in [3.63, 3.8) is 0 Å². The summed E-state index contributed by atoms with van der Waals surface area (Å²) in [6.45, 7) is 4.41. The van der Waals surface area contributed by atoms with E-state index in [9.17, 15) is 9.59 Å². The Labute approximate surface area is 100 Å². The smallest absolute Gasteiger partial charge is 0.326 e. The summed E-state index contributed by atoms with van der Waals surface area (Å²) in [5.41, 5.74) is 0. The average Bonchev–Trinajstić information content (AvgIpc) is 2.25. The van der Waals surface area contributed by atoms with Gasteiger partial charge in [0.25, 0.3) is 0 Å². The van der Waals surface area contributed by atoms with E-state index < -0.39 is 18.0 Å². The molecule has 0 bridgehead atoms. The topological polar surface area (TPSA) is 78.4 Å². The SMILES string of the molecule is CCCC(NC(=O)NCC(C)SC)C(=O)O. The molecule has 5 nitrogen and oxygen atoms in total. The summed E-state index contributed by atoms with van der Waals surface area (Å²) >= 11 is 1.64. The minimum Gasteiger partial charge on any atom is -0.480 e. The number of carboxylic acid groups (broad SMARTS) is 1. The first-order valence-corrected chi connectivity index (χ1v) is 6.60. The standard InChI is InChI=1S/C10H20N2O3S/c1-4-5-8(9(13)14)12-10(15)11-6-7(2)16-3/h7-8H,4-6H2,1-3H3,(H,13,14)(H2,11,12,15). The maximum Gasteiger partial charge on any atom is 0.326 e. The number of aliphatic carboxylic acids is 1. The van der Waals surface area contributed by atoms with Crippen LogP contribution in [0.4, 0.5) is 4.79 Å². The molecule has 16 heavy (non-hydrogen) atoms. The van der Waals surface area contributed by atoms with Gasteiger partial charge in [-0.2, -0.15) is 11.8 Å². The molecule has 0 rings (SSSR count). The van der Waals surface area contributed by atoms with Gasteiger partial charge in [0.05, 0.1) is 0 Å². The number of carboxylic acids is 1. The van der Waals surface area contributed by atoms with E-state index in [4.69, 9.17) is 5.11 Å². The van der Waals surface area contributed by atoms with Crippen LogP contribution < -0.4 is 10.6 Å². The zero-order valence-electron chi connectivity index (χ0n) is 9.95. The van der Waals surface area contributed by atoms with Crippen LogP contribution in [0.25, 0.3) is 0 Å². The molecule has 0 aliphatic heterocycles. The van der Waals surface area contributed by atoms with E-state index in [1.807, 2.05) is 20.1 Å². The van der Waals surface area contributed by atoms with Crippen molar-refractivity contribution in [3.05, 3.63) is 0 Å². The molecular formula is C10H20N2O3S. The lowest BCUT2D eigenvalue weighted by Crippen LogP contribution is -2.47. The molecule has 3 N–H and O–H groups in total. The van der Waals surface area contributed by atoms with Crippen molar-refractivity contribution < 1.29 is 14.7 Å². The van der Waals surface area contributed by atoms with Crippen molar-refractivity contribution in [1.29, 1.82) is 0 Å². The fraction of sp³-hybridized carbons (Fsp3) is 0.800. The Morgan fingerprint density at radius 1 is 1.44 bits per heavy atom. The second-order valence-corrected chi connectivity index (χ2v) is 4.86. The second kappa shape index (κ2) is 8.27.